The average molecular weight is 210 g/mol. The topological polar surface area (TPSA) is 33.0 Å². The summed E-state index contributed by atoms with van der Waals surface area (Å²) in [7, 11) is 0. The van der Waals surface area contributed by atoms with Gasteiger partial charge < -0.3 is 4.74 Å². The first-order valence-electron chi connectivity index (χ1n) is 4.49. The first-order chi connectivity index (χ1) is 6.72. The standard InChI is InChI=1S/C11H12ClNO/c1-9(12)6-7-14-11-4-2-10(8-13)3-5-11/h2-5,9H,6-7H2,1H3. The Morgan fingerprint density at radius 1 is 1.43 bits per heavy atom. The Kier molecular flexibility index (Phi) is 4.28. The lowest BCUT2D eigenvalue weighted by atomic mass is 10.2. The lowest BCUT2D eigenvalue weighted by molar-refractivity contribution is 0.310. The summed E-state index contributed by atoms with van der Waals surface area (Å²) >= 11 is 5.77. The lowest BCUT2D eigenvalue weighted by Gasteiger charge is -2.06. The van der Waals surface area contributed by atoms with E-state index in [0.717, 1.165) is 12.2 Å². The van der Waals surface area contributed by atoms with E-state index in [1.165, 1.54) is 0 Å². The van der Waals surface area contributed by atoms with Crippen LogP contribution < -0.4 is 4.74 Å². The van der Waals surface area contributed by atoms with Crippen molar-refractivity contribution in [2.75, 3.05) is 6.61 Å². The van der Waals surface area contributed by atoms with Crippen molar-refractivity contribution in [1.82, 2.24) is 0 Å². The fraction of sp³-hybridized carbons (Fsp3) is 0.364. The molecule has 0 aliphatic heterocycles. The van der Waals surface area contributed by atoms with Crippen molar-refractivity contribution in [3.8, 4) is 11.8 Å². The van der Waals surface area contributed by atoms with Gasteiger partial charge >= 0.3 is 0 Å². The number of halogens is 1. The van der Waals surface area contributed by atoms with Gasteiger partial charge in [-0.2, -0.15) is 5.26 Å². The van der Waals surface area contributed by atoms with Crippen LogP contribution in [0.5, 0.6) is 5.75 Å². The maximum Gasteiger partial charge on any atom is 0.119 e. The van der Waals surface area contributed by atoms with E-state index in [1.807, 2.05) is 6.92 Å². The molecule has 14 heavy (non-hydrogen) atoms. The maximum atomic E-state index is 8.57. The van der Waals surface area contributed by atoms with Gasteiger partial charge in [0.1, 0.15) is 5.75 Å². The minimum absolute atomic E-state index is 0.133. The minimum atomic E-state index is 0.133. The monoisotopic (exact) mass is 209 g/mol. The van der Waals surface area contributed by atoms with Crippen molar-refractivity contribution in [2.45, 2.75) is 18.7 Å². The molecule has 0 fully saturated rings. The molecular weight excluding hydrogens is 198 g/mol. The van der Waals surface area contributed by atoms with Crippen LogP contribution in [-0.2, 0) is 0 Å². The molecule has 1 aromatic carbocycles. The predicted molar refractivity (Wildman–Crippen MR) is 56.6 cm³/mol. The fourth-order valence-corrected chi connectivity index (χ4v) is 1.05. The van der Waals surface area contributed by atoms with Gasteiger partial charge in [0.25, 0.3) is 0 Å². The molecule has 0 aliphatic carbocycles. The number of ether oxygens (including phenoxy) is 1. The summed E-state index contributed by atoms with van der Waals surface area (Å²) in [5, 5.41) is 8.70. The van der Waals surface area contributed by atoms with Crippen LogP contribution in [0.3, 0.4) is 0 Å². The van der Waals surface area contributed by atoms with Gasteiger partial charge in [-0.3, -0.25) is 0 Å². The Bertz CT molecular complexity index is 313. The zero-order valence-electron chi connectivity index (χ0n) is 8.03. The molecule has 3 heteroatoms. The molecule has 0 aromatic heterocycles. The molecule has 0 saturated carbocycles. The van der Waals surface area contributed by atoms with Crippen LogP contribution in [0, 0.1) is 11.3 Å². The molecule has 0 amide bonds. The molecule has 0 spiro atoms. The normalized spacial score (nSPS) is 11.8. The molecule has 1 rings (SSSR count). The highest BCUT2D eigenvalue weighted by atomic mass is 35.5. The molecule has 0 bridgehead atoms. The second kappa shape index (κ2) is 5.51. The number of nitriles is 1. The zero-order chi connectivity index (χ0) is 10.4. The summed E-state index contributed by atoms with van der Waals surface area (Å²) in [4.78, 5) is 0. The summed E-state index contributed by atoms with van der Waals surface area (Å²) in [6.07, 6.45) is 0.821. The van der Waals surface area contributed by atoms with Gasteiger partial charge in [-0.15, -0.1) is 11.6 Å². The second-order valence-electron chi connectivity index (χ2n) is 3.05. The van der Waals surface area contributed by atoms with E-state index in [9.17, 15) is 0 Å². The van der Waals surface area contributed by atoms with Gasteiger partial charge in [0.05, 0.1) is 18.2 Å². The van der Waals surface area contributed by atoms with Crippen LogP contribution in [0.15, 0.2) is 24.3 Å². The highest BCUT2D eigenvalue weighted by Crippen LogP contribution is 2.12. The number of nitrogens with zero attached hydrogens (tertiary/aromatic N) is 1. The molecule has 2 nitrogen and oxygen atoms in total. The van der Waals surface area contributed by atoms with E-state index in [1.54, 1.807) is 24.3 Å². The van der Waals surface area contributed by atoms with E-state index in [0.29, 0.717) is 12.2 Å². The molecule has 0 heterocycles. The Morgan fingerprint density at radius 3 is 2.57 bits per heavy atom. The smallest absolute Gasteiger partial charge is 0.119 e. The van der Waals surface area contributed by atoms with Crippen LogP contribution in [0.25, 0.3) is 0 Å². The predicted octanol–water partition coefficient (Wildman–Crippen LogP) is 2.95. The number of alkyl halides is 1. The lowest BCUT2D eigenvalue weighted by Crippen LogP contribution is -2.02. The fourth-order valence-electron chi connectivity index (χ4n) is 0.965. The Labute approximate surface area is 89.1 Å². The average Bonchev–Trinajstić information content (AvgIpc) is 2.18. The number of hydrogen-bond donors (Lipinski definition) is 0. The molecule has 0 radical (unpaired) electrons. The second-order valence-corrected chi connectivity index (χ2v) is 3.80. The van der Waals surface area contributed by atoms with Crippen molar-refractivity contribution in [3.05, 3.63) is 29.8 Å². The highest BCUT2D eigenvalue weighted by Gasteiger charge is 1.97. The summed E-state index contributed by atoms with van der Waals surface area (Å²) < 4.78 is 5.42. The van der Waals surface area contributed by atoms with E-state index in [4.69, 9.17) is 21.6 Å². The van der Waals surface area contributed by atoms with Crippen LogP contribution in [-0.4, -0.2) is 12.0 Å². The van der Waals surface area contributed by atoms with Crippen LogP contribution in [0.1, 0.15) is 18.9 Å². The van der Waals surface area contributed by atoms with Gasteiger partial charge in [0, 0.05) is 5.38 Å². The molecular formula is C11H12ClNO. The van der Waals surface area contributed by atoms with E-state index < -0.39 is 0 Å². The zero-order valence-corrected chi connectivity index (χ0v) is 8.79. The van der Waals surface area contributed by atoms with Crippen LogP contribution in [0.4, 0.5) is 0 Å². The molecule has 1 unspecified atom stereocenters. The molecule has 0 saturated heterocycles. The maximum absolute atomic E-state index is 8.57. The van der Waals surface area contributed by atoms with Crippen molar-refractivity contribution in [3.63, 3.8) is 0 Å². The largest absolute Gasteiger partial charge is 0.494 e. The van der Waals surface area contributed by atoms with Gasteiger partial charge in [0.15, 0.2) is 0 Å². The van der Waals surface area contributed by atoms with Crippen LogP contribution >= 0.6 is 11.6 Å². The van der Waals surface area contributed by atoms with Crippen molar-refractivity contribution >= 4 is 11.6 Å². The third-order valence-corrected chi connectivity index (χ3v) is 1.99. The quantitative estimate of drug-likeness (QED) is 0.715. The molecule has 0 N–H and O–H groups in total. The van der Waals surface area contributed by atoms with E-state index >= 15 is 0 Å². The van der Waals surface area contributed by atoms with Gasteiger partial charge in [0.2, 0.25) is 0 Å². The van der Waals surface area contributed by atoms with Crippen molar-refractivity contribution in [1.29, 1.82) is 5.26 Å². The van der Waals surface area contributed by atoms with E-state index in [2.05, 4.69) is 6.07 Å². The first-order valence-corrected chi connectivity index (χ1v) is 4.93. The highest BCUT2D eigenvalue weighted by molar-refractivity contribution is 6.20. The SMILES string of the molecule is CC(Cl)CCOc1ccc(C#N)cc1. The summed E-state index contributed by atoms with van der Waals surface area (Å²) in [5.74, 6) is 0.779. The van der Waals surface area contributed by atoms with Crippen molar-refractivity contribution < 1.29 is 4.74 Å². The number of rotatable bonds is 4. The van der Waals surface area contributed by atoms with Crippen LogP contribution in [0.2, 0.25) is 0 Å². The van der Waals surface area contributed by atoms with E-state index in [-0.39, 0.29) is 5.38 Å². The van der Waals surface area contributed by atoms with Gasteiger partial charge in [-0.1, -0.05) is 0 Å². The molecule has 0 aliphatic rings. The summed E-state index contributed by atoms with van der Waals surface area (Å²) in [5.41, 5.74) is 0.642. The first kappa shape index (κ1) is 10.9. The minimum Gasteiger partial charge on any atom is -0.494 e. The van der Waals surface area contributed by atoms with Crippen molar-refractivity contribution in [2.24, 2.45) is 0 Å². The Morgan fingerprint density at radius 2 is 2.07 bits per heavy atom. The Balaban J connectivity index is 2.41. The third kappa shape index (κ3) is 3.68. The third-order valence-electron chi connectivity index (χ3n) is 1.77. The number of benzene rings is 1. The Hall–Kier alpha value is -1.20. The summed E-state index contributed by atoms with van der Waals surface area (Å²) in [6.45, 7) is 2.54. The molecule has 1 atom stereocenters. The number of hydrogen-bond acceptors (Lipinski definition) is 2. The molecule has 1 aromatic rings. The van der Waals surface area contributed by atoms with Gasteiger partial charge in [-0.25, -0.2) is 0 Å². The summed E-state index contributed by atoms with van der Waals surface area (Å²) in [6, 6.07) is 9.10. The molecule has 74 valence electrons. The van der Waals surface area contributed by atoms with Gasteiger partial charge in [-0.05, 0) is 37.6 Å².